The highest BCUT2D eigenvalue weighted by Gasteiger charge is 2.20. The molecule has 0 radical (unpaired) electrons. The number of halogens is 1. The van der Waals surface area contributed by atoms with Gasteiger partial charge in [0.05, 0.1) is 23.1 Å². The Hall–Kier alpha value is -2.12. The zero-order valence-electron chi connectivity index (χ0n) is 11.0. The maximum atomic E-state index is 12.4. The summed E-state index contributed by atoms with van der Waals surface area (Å²) in [4.78, 5) is 4.29. The number of hydrogen-bond donors (Lipinski definition) is 2. The van der Waals surface area contributed by atoms with E-state index in [2.05, 4.69) is 19.9 Å². The minimum Gasteiger partial charge on any atom is -0.281 e. The zero-order valence-corrected chi connectivity index (χ0v) is 12.5. The van der Waals surface area contributed by atoms with Crippen LogP contribution in [-0.2, 0) is 10.0 Å². The van der Waals surface area contributed by atoms with Crippen LogP contribution in [0.5, 0.6) is 0 Å². The Morgan fingerprint density at radius 2 is 2.14 bits per heavy atom. The van der Waals surface area contributed by atoms with Crippen molar-refractivity contribution in [2.45, 2.75) is 11.8 Å². The molecule has 0 saturated heterocycles. The quantitative estimate of drug-likeness (QED) is 0.776. The summed E-state index contributed by atoms with van der Waals surface area (Å²) in [6, 6.07) is 6.83. The van der Waals surface area contributed by atoms with Gasteiger partial charge in [-0.15, -0.1) is 0 Å². The molecule has 0 amide bonds. The SMILES string of the molecule is Cc1[nH]ncc1S(=O)(=O)Nc1cc(Cl)cc2cccnc12. The van der Waals surface area contributed by atoms with Gasteiger partial charge in [-0.2, -0.15) is 5.10 Å². The van der Waals surface area contributed by atoms with Gasteiger partial charge in [-0.3, -0.25) is 14.8 Å². The van der Waals surface area contributed by atoms with Crippen molar-refractivity contribution in [2.75, 3.05) is 4.72 Å². The third kappa shape index (κ3) is 2.57. The Morgan fingerprint density at radius 1 is 1.33 bits per heavy atom. The second-order valence-corrected chi connectivity index (χ2v) is 6.58. The first-order valence-electron chi connectivity index (χ1n) is 6.04. The Balaban J connectivity index is 2.12. The van der Waals surface area contributed by atoms with Crippen molar-refractivity contribution in [3.05, 3.63) is 47.4 Å². The Labute approximate surface area is 126 Å². The van der Waals surface area contributed by atoms with Crippen LogP contribution in [0, 0.1) is 6.92 Å². The number of pyridine rings is 1. The molecule has 3 rings (SSSR count). The largest absolute Gasteiger partial charge is 0.281 e. The van der Waals surface area contributed by atoms with E-state index in [0.29, 0.717) is 21.9 Å². The molecule has 0 fully saturated rings. The van der Waals surface area contributed by atoms with Crippen LogP contribution in [0.3, 0.4) is 0 Å². The van der Waals surface area contributed by atoms with E-state index in [9.17, 15) is 8.42 Å². The van der Waals surface area contributed by atoms with Gasteiger partial charge in [0.2, 0.25) is 0 Å². The lowest BCUT2D eigenvalue weighted by molar-refractivity contribution is 0.600. The summed E-state index contributed by atoms with van der Waals surface area (Å²) in [6.07, 6.45) is 2.86. The Morgan fingerprint density at radius 3 is 2.86 bits per heavy atom. The third-order valence-corrected chi connectivity index (χ3v) is 4.68. The Kier molecular flexibility index (Phi) is 3.30. The predicted octanol–water partition coefficient (Wildman–Crippen LogP) is 2.72. The third-order valence-electron chi connectivity index (χ3n) is 2.99. The lowest BCUT2D eigenvalue weighted by Crippen LogP contribution is -2.14. The van der Waals surface area contributed by atoms with E-state index in [0.717, 1.165) is 5.39 Å². The van der Waals surface area contributed by atoms with E-state index in [1.807, 2.05) is 6.07 Å². The van der Waals surface area contributed by atoms with Crippen LogP contribution in [0.1, 0.15) is 5.69 Å². The molecule has 2 N–H and O–H groups in total. The smallest absolute Gasteiger partial charge is 0.265 e. The second kappa shape index (κ2) is 5.01. The van der Waals surface area contributed by atoms with Crippen LogP contribution >= 0.6 is 11.6 Å². The van der Waals surface area contributed by atoms with Crippen LogP contribution in [0.25, 0.3) is 10.9 Å². The average molecular weight is 323 g/mol. The molecule has 0 atom stereocenters. The van der Waals surface area contributed by atoms with Gasteiger partial charge in [0.25, 0.3) is 10.0 Å². The molecule has 0 bridgehead atoms. The average Bonchev–Trinajstić information content (AvgIpc) is 2.85. The molecule has 0 saturated carbocycles. The van der Waals surface area contributed by atoms with Gasteiger partial charge in [0.15, 0.2) is 0 Å². The van der Waals surface area contributed by atoms with Gasteiger partial charge in [0, 0.05) is 16.6 Å². The van der Waals surface area contributed by atoms with Crippen molar-refractivity contribution in [1.82, 2.24) is 15.2 Å². The number of aromatic amines is 1. The molecular weight excluding hydrogens is 312 g/mol. The molecule has 2 heterocycles. The molecule has 2 aromatic heterocycles. The van der Waals surface area contributed by atoms with Crippen molar-refractivity contribution in [2.24, 2.45) is 0 Å². The summed E-state index contributed by atoms with van der Waals surface area (Å²) >= 11 is 6.03. The van der Waals surface area contributed by atoms with Gasteiger partial charge in [0.1, 0.15) is 4.90 Å². The number of nitrogens with zero attached hydrogens (tertiary/aromatic N) is 2. The van der Waals surface area contributed by atoms with Gasteiger partial charge >= 0.3 is 0 Å². The van der Waals surface area contributed by atoms with E-state index >= 15 is 0 Å². The number of H-pyrrole nitrogens is 1. The number of nitrogens with one attached hydrogen (secondary N) is 2. The van der Waals surface area contributed by atoms with Crippen LogP contribution in [-0.4, -0.2) is 23.6 Å². The van der Waals surface area contributed by atoms with E-state index in [1.165, 1.54) is 12.3 Å². The standard InChI is InChI=1S/C13H11ClN4O2S/c1-8-12(7-16-17-8)21(19,20)18-11-6-10(14)5-9-3-2-4-15-13(9)11/h2-7,18H,1H3,(H,16,17). The van der Waals surface area contributed by atoms with E-state index in [-0.39, 0.29) is 4.90 Å². The van der Waals surface area contributed by atoms with E-state index in [4.69, 9.17) is 11.6 Å². The molecule has 0 aliphatic heterocycles. The molecule has 0 unspecified atom stereocenters. The van der Waals surface area contributed by atoms with Gasteiger partial charge in [-0.25, -0.2) is 8.42 Å². The summed E-state index contributed by atoms with van der Waals surface area (Å²) in [5, 5.41) is 7.51. The summed E-state index contributed by atoms with van der Waals surface area (Å²) in [5.41, 5.74) is 1.33. The monoisotopic (exact) mass is 322 g/mol. The number of rotatable bonds is 3. The van der Waals surface area contributed by atoms with Crippen molar-refractivity contribution in [1.29, 1.82) is 0 Å². The number of benzene rings is 1. The first-order valence-corrected chi connectivity index (χ1v) is 7.90. The highest BCUT2D eigenvalue weighted by molar-refractivity contribution is 7.92. The maximum Gasteiger partial charge on any atom is 0.265 e. The van der Waals surface area contributed by atoms with Gasteiger partial charge in [-0.1, -0.05) is 17.7 Å². The van der Waals surface area contributed by atoms with E-state index < -0.39 is 10.0 Å². The lowest BCUT2D eigenvalue weighted by atomic mass is 10.2. The zero-order chi connectivity index (χ0) is 15.0. The van der Waals surface area contributed by atoms with Crippen LogP contribution in [0.15, 0.2) is 41.6 Å². The highest BCUT2D eigenvalue weighted by atomic mass is 35.5. The first kappa shape index (κ1) is 13.8. The topological polar surface area (TPSA) is 87.7 Å². The normalized spacial score (nSPS) is 11.7. The fourth-order valence-electron chi connectivity index (χ4n) is 2.04. The minimum absolute atomic E-state index is 0.0894. The second-order valence-electron chi connectivity index (χ2n) is 4.49. The fraction of sp³-hybridized carbons (Fsp3) is 0.0769. The lowest BCUT2D eigenvalue weighted by Gasteiger charge is -2.10. The molecule has 8 heteroatoms. The number of anilines is 1. The van der Waals surface area contributed by atoms with Crippen molar-refractivity contribution in [3.63, 3.8) is 0 Å². The molecule has 21 heavy (non-hydrogen) atoms. The molecule has 0 aliphatic rings. The number of hydrogen-bond acceptors (Lipinski definition) is 4. The van der Waals surface area contributed by atoms with Crippen LogP contribution < -0.4 is 4.72 Å². The van der Waals surface area contributed by atoms with Gasteiger partial charge in [-0.05, 0) is 25.1 Å². The molecule has 0 spiro atoms. The summed E-state index contributed by atoms with van der Waals surface area (Å²) in [5.74, 6) is 0. The molecule has 1 aromatic carbocycles. The number of aryl methyl sites for hydroxylation is 1. The molecule has 6 nitrogen and oxygen atoms in total. The van der Waals surface area contributed by atoms with Crippen molar-refractivity contribution in [3.8, 4) is 0 Å². The predicted molar refractivity (Wildman–Crippen MR) is 80.9 cm³/mol. The van der Waals surface area contributed by atoms with Gasteiger partial charge < -0.3 is 0 Å². The summed E-state index contributed by atoms with van der Waals surface area (Å²) in [6.45, 7) is 1.63. The summed E-state index contributed by atoms with van der Waals surface area (Å²) in [7, 11) is -3.75. The van der Waals surface area contributed by atoms with E-state index in [1.54, 1.807) is 25.3 Å². The molecule has 108 valence electrons. The number of fused-ring (bicyclic) bond motifs is 1. The number of aromatic nitrogens is 3. The first-order chi connectivity index (χ1) is 9.97. The molecule has 3 aromatic rings. The molecule has 0 aliphatic carbocycles. The highest BCUT2D eigenvalue weighted by Crippen LogP contribution is 2.28. The summed E-state index contributed by atoms with van der Waals surface area (Å²) < 4.78 is 27.3. The van der Waals surface area contributed by atoms with Crippen molar-refractivity contribution < 1.29 is 8.42 Å². The van der Waals surface area contributed by atoms with Crippen LogP contribution in [0.4, 0.5) is 5.69 Å². The molecular formula is C13H11ClN4O2S. The van der Waals surface area contributed by atoms with Crippen molar-refractivity contribution >= 4 is 38.2 Å². The number of sulfonamides is 1. The minimum atomic E-state index is -3.75. The van der Waals surface area contributed by atoms with Crippen LogP contribution in [0.2, 0.25) is 5.02 Å². The maximum absolute atomic E-state index is 12.4. The Bertz CT molecular complexity index is 921. The fourth-order valence-corrected chi connectivity index (χ4v) is 3.47.